The molecule has 144 valence electrons. The number of amides is 1. The summed E-state index contributed by atoms with van der Waals surface area (Å²) in [5, 5.41) is 21.6. The van der Waals surface area contributed by atoms with Gasteiger partial charge in [-0.2, -0.15) is 0 Å². The number of aliphatic hydroxyl groups is 1. The van der Waals surface area contributed by atoms with Gasteiger partial charge >= 0.3 is 0 Å². The highest BCUT2D eigenvalue weighted by molar-refractivity contribution is 6.46. The van der Waals surface area contributed by atoms with E-state index in [1.165, 1.54) is 29.2 Å². The number of Topliss-reactive ketones (excluding diaryl/α,β-unsaturated/α-hetero) is 1. The number of hydrogen-bond donors (Lipinski definition) is 1. The Morgan fingerprint density at radius 2 is 1.82 bits per heavy atom. The van der Waals surface area contributed by atoms with E-state index in [1.807, 2.05) is 6.92 Å². The second-order valence-electron chi connectivity index (χ2n) is 6.43. The summed E-state index contributed by atoms with van der Waals surface area (Å²) in [6.07, 6.45) is 4.67. The van der Waals surface area contributed by atoms with E-state index in [-0.39, 0.29) is 22.6 Å². The van der Waals surface area contributed by atoms with Crippen LogP contribution in [0, 0.1) is 10.1 Å². The molecule has 8 heteroatoms. The van der Waals surface area contributed by atoms with Gasteiger partial charge < -0.3 is 10.0 Å². The minimum Gasteiger partial charge on any atom is -0.507 e. The molecule has 0 radical (unpaired) electrons. The fraction of sp³-hybridized carbons (Fsp3) is 0.250. The maximum atomic E-state index is 12.7. The second-order valence-corrected chi connectivity index (χ2v) is 6.43. The Balaban J connectivity index is 2.11. The highest BCUT2D eigenvalue weighted by atomic mass is 16.6. The molecule has 1 aliphatic heterocycles. The second kappa shape index (κ2) is 7.99. The molecule has 2 aromatic rings. The quantitative estimate of drug-likeness (QED) is 0.270. The molecule has 1 aromatic carbocycles. The van der Waals surface area contributed by atoms with Gasteiger partial charge in [0.15, 0.2) is 0 Å². The number of hydrogen-bond acceptors (Lipinski definition) is 6. The number of non-ortho nitro benzene ring substituents is 1. The minimum atomic E-state index is -0.770. The van der Waals surface area contributed by atoms with Crippen molar-refractivity contribution >= 4 is 23.1 Å². The lowest BCUT2D eigenvalue weighted by Gasteiger charge is -2.25. The van der Waals surface area contributed by atoms with E-state index in [0.717, 1.165) is 6.42 Å². The van der Waals surface area contributed by atoms with Crippen LogP contribution >= 0.6 is 0 Å². The van der Waals surface area contributed by atoms with Gasteiger partial charge in [-0.25, -0.2) is 0 Å². The lowest BCUT2D eigenvalue weighted by molar-refractivity contribution is -0.384. The lowest BCUT2D eigenvalue weighted by atomic mass is 9.96. The molecule has 0 spiro atoms. The van der Waals surface area contributed by atoms with Gasteiger partial charge in [0.25, 0.3) is 17.4 Å². The number of aromatic nitrogens is 1. The number of ketones is 1. The number of nitro benzene ring substituents is 1. The van der Waals surface area contributed by atoms with Gasteiger partial charge in [0.05, 0.1) is 16.5 Å². The van der Waals surface area contributed by atoms with E-state index in [1.54, 1.807) is 24.5 Å². The Morgan fingerprint density at radius 3 is 2.39 bits per heavy atom. The molecule has 1 fully saturated rings. The van der Waals surface area contributed by atoms with E-state index in [0.29, 0.717) is 18.5 Å². The Bertz CT molecular complexity index is 938. The summed E-state index contributed by atoms with van der Waals surface area (Å²) in [6, 6.07) is 7.85. The van der Waals surface area contributed by atoms with Crippen LogP contribution in [0.2, 0.25) is 0 Å². The zero-order chi connectivity index (χ0) is 20.3. The molecule has 0 bridgehead atoms. The van der Waals surface area contributed by atoms with Crippen molar-refractivity contribution in [1.82, 2.24) is 9.88 Å². The van der Waals surface area contributed by atoms with Gasteiger partial charge in [-0.1, -0.05) is 13.3 Å². The smallest absolute Gasteiger partial charge is 0.295 e. The number of nitro groups is 1. The van der Waals surface area contributed by atoms with E-state index in [4.69, 9.17) is 0 Å². The van der Waals surface area contributed by atoms with Gasteiger partial charge in [-0.15, -0.1) is 0 Å². The number of nitrogens with zero attached hydrogens (tertiary/aromatic N) is 3. The highest BCUT2D eigenvalue weighted by Crippen LogP contribution is 2.39. The summed E-state index contributed by atoms with van der Waals surface area (Å²) in [5.74, 6) is -1.79. The van der Waals surface area contributed by atoms with Crippen LogP contribution in [-0.2, 0) is 9.59 Å². The molecular formula is C20H19N3O5. The molecule has 0 saturated carbocycles. The van der Waals surface area contributed by atoms with Crippen molar-refractivity contribution in [1.29, 1.82) is 0 Å². The monoisotopic (exact) mass is 381 g/mol. The zero-order valence-electron chi connectivity index (χ0n) is 15.2. The predicted octanol–water partition coefficient (Wildman–Crippen LogP) is 3.21. The van der Waals surface area contributed by atoms with E-state index in [9.17, 15) is 24.8 Å². The molecule has 8 nitrogen and oxygen atoms in total. The standard InChI is InChI=1S/C20H19N3O5/c1-2-3-12-22-17(13-8-10-21-11-9-13)16(19(25)20(22)26)18(24)14-4-6-15(7-5-14)23(27)28/h4-11,17,24H,2-3,12H2,1H3/b18-16-. The SMILES string of the molecule is CCCCN1C(=O)C(=O)/C(=C(\O)c2ccc([N+](=O)[O-])cc2)C1c1ccncc1. The molecule has 28 heavy (non-hydrogen) atoms. The van der Waals surface area contributed by atoms with Crippen molar-refractivity contribution in [3.8, 4) is 0 Å². The summed E-state index contributed by atoms with van der Waals surface area (Å²) < 4.78 is 0. The summed E-state index contributed by atoms with van der Waals surface area (Å²) in [5.41, 5.74) is 0.735. The molecule has 1 N–H and O–H groups in total. The summed E-state index contributed by atoms with van der Waals surface area (Å²) >= 11 is 0. The van der Waals surface area contributed by atoms with Crippen molar-refractivity contribution in [3.05, 3.63) is 75.6 Å². The fourth-order valence-electron chi connectivity index (χ4n) is 3.23. The number of benzene rings is 1. The molecule has 2 heterocycles. The van der Waals surface area contributed by atoms with Gasteiger partial charge in [0.2, 0.25) is 0 Å². The van der Waals surface area contributed by atoms with E-state index < -0.39 is 22.7 Å². The first-order chi connectivity index (χ1) is 13.5. The molecule has 1 aliphatic rings. The number of pyridine rings is 1. The minimum absolute atomic E-state index is 0.0267. The maximum Gasteiger partial charge on any atom is 0.295 e. The third-order valence-corrected chi connectivity index (χ3v) is 4.67. The van der Waals surface area contributed by atoms with Gasteiger partial charge in [-0.3, -0.25) is 24.7 Å². The molecule has 1 saturated heterocycles. The number of rotatable bonds is 6. The predicted molar refractivity (Wildman–Crippen MR) is 101 cm³/mol. The van der Waals surface area contributed by atoms with Gasteiger partial charge in [0.1, 0.15) is 5.76 Å². The van der Waals surface area contributed by atoms with Crippen LogP contribution in [0.5, 0.6) is 0 Å². The number of unbranched alkanes of at least 4 members (excludes halogenated alkanes) is 1. The van der Waals surface area contributed by atoms with Crippen molar-refractivity contribution in [3.63, 3.8) is 0 Å². The van der Waals surface area contributed by atoms with Crippen LogP contribution in [0.25, 0.3) is 5.76 Å². The molecule has 1 amide bonds. The summed E-state index contributed by atoms with van der Waals surface area (Å²) in [7, 11) is 0. The number of aliphatic hydroxyl groups excluding tert-OH is 1. The highest BCUT2D eigenvalue weighted by Gasteiger charge is 2.45. The third-order valence-electron chi connectivity index (χ3n) is 4.67. The Morgan fingerprint density at radius 1 is 1.18 bits per heavy atom. The van der Waals surface area contributed by atoms with Gasteiger partial charge in [0, 0.05) is 36.6 Å². The topological polar surface area (TPSA) is 114 Å². The van der Waals surface area contributed by atoms with Gasteiger partial charge in [-0.05, 0) is 36.2 Å². The maximum absolute atomic E-state index is 12.7. The first kappa shape index (κ1) is 19.2. The Hall–Kier alpha value is -3.55. The van der Waals surface area contributed by atoms with Crippen molar-refractivity contribution < 1.29 is 19.6 Å². The average Bonchev–Trinajstić information content (AvgIpc) is 2.97. The fourth-order valence-corrected chi connectivity index (χ4v) is 3.23. The number of carbonyl (C=O) groups is 2. The molecule has 3 rings (SSSR count). The van der Waals surface area contributed by atoms with Crippen LogP contribution in [0.15, 0.2) is 54.4 Å². The number of likely N-dealkylation sites (tertiary alicyclic amines) is 1. The largest absolute Gasteiger partial charge is 0.507 e. The first-order valence-electron chi connectivity index (χ1n) is 8.88. The van der Waals surface area contributed by atoms with Crippen molar-refractivity contribution in [2.24, 2.45) is 0 Å². The molecule has 1 aromatic heterocycles. The summed E-state index contributed by atoms with van der Waals surface area (Å²) in [4.78, 5) is 41.0. The van der Waals surface area contributed by atoms with Crippen molar-refractivity contribution in [2.45, 2.75) is 25.8 Å². The normalized spacial score (nSPS) is 18.5. The Kier molecular flexibility index (Phi) is 5.49. The van der Waals surface area contributed by atoms with Crippen LogP contribution in [-0.4, -0.2) is 38.1 Å². The third kappa shape index (κ3) is 3.48. The Labute approximate surface area is 161 Å². The number of carbonyl (C=O) groups excluding carboxylic acids is 2. The van der Waals surface area contributed by atoms with Crippen molar-refractivity contribution in [2.75, 3.05) is 6.54 Å². The van der Waals surface area contributed by atoms with Crippen LogP contribution in [0.3, 0.4) is 0 Å². The van der Waals surface area contributed by atoms with E-state index in [2.05, 4.69) is 4.98 Å². The molecule has 0 aliphatic carbocycles. The zero-order valence-corrected chi connectivity index (χ0v) is 15.2. The first-order valence-corrected chi connectivity index (χ1v) is 8.88. The van der Waals surface area contributed by atoms with Crippen LogP contribution < -0.4 is 0 Å². The van der Waals surface area contributed by atoms with E-state index >= 15 is 0 Å². The molecular weight excluding hydrogens is 362 g/mol. The summed E-state index contributed by atoms with van der Waals surface area (Å²) in [6.45, 7) is 2.36. The lowest BCUT2D eigenvalue weighted by Crippen LogP contribution is -2.30. The average molecular weight is 381 g/mol. The van der Waals surface area contributed by atoms with Crippen LogP contribution in [0.4, 0.5) is 5.69 Å². The molecule has 1 unspecified atom stereocenters. The molecule has 1 atom stereocenters. The van der Waals surface area contributed by atoms with Crippen LogP contribution in [0.1, 0.15) is 36.9 Å².